The van der Waals surface area contributed by atoms with E-state index in [0.29, 0.717) is 12.1 Å². The van der Waals surface area contributed by atoms with Gasteiger partial charge < -0.3 is 5.11 Å². The van der Waals surface area contributed by atoms with Gasteiger partial charge in [0, 0.05) is 13.6 Å². The van der Waals surface area contributed by atoms with Crippen LogP contribution >= 0.6 is 0 Å². The van der Waals surface area contributed by atoms with Crippen molar-refractivity contribution in [2.75, 3.05) is 13.6 Å². The van der Waals surface area contributed by atoms with Crippen molar-refractivity contribution in [3.63, 3.8) is 0 Å². The second-order valence-corrected chi connectivity index (χ2v) is 6.52. The van der Waals surface area contributed by atoms with Crippen LogP contribution in [0.4, 0.5) is 0 Å². The molecule has 0 aliphatic carbocycles. The van der Waals surface area contributed by atoms with Crippen molar-refractivity contribution in [1.82, 2.24) is 4.31 Å². The largest absolute Gasteiger partial charge is 0.481 e. The molecule has 0 amide bonds. The number of aliphatic carboxylic acids is 1. The lowest BCUT2D eigenvalue weighted by Gasteiger charge is -2.16. The molecular weight excluding hydrogens is 278 g/mol. The van der Waals surface area contributed by atoms with Gasteiger partial charge in [-0.1, -0.05) is 18.2 Å². The van der Waals surface area contributed by atoms with E-state index in [4.69, 9.17) is 5.11 Å². The predicted molar refractivity (Wildman–Crippen MR) is 77.0 cm³/mol. The molecule has 0 atom stereocenters. The molecule has 0 fully saturated rings. The Morgan fingerprint density at radius 3 is 2.45 bits per heavy atom. The van der Waals surface area contributed by atoms with Crippen LogP contribution in [0, 0.1) is 0 Å². The minimum atomic E-state index is -3.51. The van der Waals surface area contributed by atoms with Crippen LogP contribution in [0.1, 0.15) is 18.4 Å². The molecule has 1 aromatic carbocycles. The molecule has 0 heterocycles. The zero-order valence-corrected chi connectivity index (χ0v) is 12.3. The van der Waals surface area contributed by atoms with Crippen molar-refractivity contribution >= 4 is 16.0 Å². The maximum Gasteiger partial charge on any atom is 0.307 e. The summed E-state index contributed by atoms with van der Waals surface area (Å²) in [5, 5.41) is 8.67. The lowest BCUT2D eigenvalue weighted by Crippen LogP contribution is -2.27. The number of benzene rings is 1. The SMILES string of the molecule is C=CCCCN(C)S(=O)(=O)c1ccc(CC(=O)O)cc1. The number of hydrogen-bond acceptors (Lipinski definition) is 3. The third-order valence-corrected chi connectivity index (χ3v) is 4.74. The third-order valence-electron chi connectivity index (χ3n) is 2.87. The van der Waals surface area contributed by atoms with Gasteiger partial charge in [0.05, 0.1) is 11.3 Å². The van der Waals surface area contributed by atoms with Crippen molar-refractivity contribution in [3.05, 3.63) is 42.5 Å². The van der Waals surface area contributed by atoms with E-state index >= 15 is 0 Å². The van der Waals surface area contributed by atoms with Gasteiger partial charge in [0.2, 0.25) is 10.0 Å². The molecule has 0 aromatic heterocycles. The summed E-state index contributed by atoms with van der Waals surface area (Å²) < 4.78 is 25.8. The minimum Gasteiger partial charge on any atom is -0.481 e. The highest BCUT2D eigenvalue weighted by molar-refractivity contribution is 7.89. The van der Waals surface area contributed by atoms with E-state index < -0.39 is 16.0 Å². The van der Waals surface area contributed by atoms with Crippen LogP contribution in [0.5, 0.6) is 0 Å². The smallest absolute Gasteiger partial charge is 0.307 e. The number of nitrogens with zero attached hydrogens (tertiary/aromatic N) is 1. The molecule has 0 spiro atoms. The topological polar surface area (TPSA) is 74.7 Å². The Kier molecular flexibility index (Phi) is 5.91. The highest BCUT2D eigenvalue weighted by Crippen LogP contribution is 2.16. The summed E-state index contributed by atoms with van der Waals surface area (Å²) >= 11 is 0. The number of allylic oxidation sites excluding steroid dienone is 1. The van der Waals surface area contributed by atoms with Crippen molar-refractivity contribution in [2.45, 2.75) is 24.2 Å². The molecule has 0 bridgehead atoms. The first-order valence-corrected chi connectivity index (χ1v) is 7.70. The maximum absolute atomic E-state index is 12.2. The van der Waals surface area contributed by atoms with Crippen molar-refractivity contribution in [1.29, 1.82) is 0 Å². The van der Waals surface area contributed by atoms with Gasteiger partial charge in [-0.2, -0.15) is 0 Å². The highest BCUT2D eigenvalue weighted by atomic mass is 32.2. The van der Waals surface area contributed by atoms with Crippen molar-refractivity contribution < 1.29 is 18.3 Å². The molecule has 0 saturated heterocycles. The molecule has 1 N–H and O–H groups in total. The highest BCUT2D eigenvalue weighted by Gasteiger charge is 2.19. The number of carbonyl (C=O) groups is 1. The Morgan fingerprint density at radius 2 is 1.95 bits per heavy atom. The molecule has 0 aliphatic rings. The van der Waals surface area contributed by atoms with Crippen molar-refractivity contribution in [3.8, 4) is 0 Å². The van der Waals surface area contributed by atoms with Crippen molar-refractivity contribution in [2.24, 2.45) is 0 Å². The number of sulfonamides is 1. The molecule has 110 valence electrons. The lowest BCUT2D eigenvalue weighted by molar-refractivity contribution is -0.136. The molecule has 20 heavy (non-hydrogen) atoms. The van der Waals surface area contributed by atoms with Crippen LogP contribution in [-0.4, -0.2) is 37.4 Å². The van der Waals surface area contributed by atoms with E-state index in [1.54, 1.807) is 6.08 Å². The van der Waals surface area contributed by atoms with Gasteiger partial charge in [-0.05, 0) is 30.5 Å². The van der Waals surface area contributed by atoms with Crippen LogP contribution in [0.25, 0.3) is 0 Å². The van der Waals surface area contributed by atoms with Crippen LogP contribution < -0.4 is 0 Å². The van der Waals surface area contributed by atoms with Gasteiger partial charge in [0.1, 0.15) is 0 Å². The Hall–Kier alpha value is -1.66. The van der Waals surface area contributed by atoms with Gasteiger partial charge in [-0.15, -0.1) is 6.58 Å². The molecule has 6 heteroatoms. The zero-order chi connectivity index (χ0) is 15.2. The molecule has 0 saturated carbocycles. The van der Waals surface area contributed by atoms with Gasteiger partial charge in [-0.25, -0.2) is 12.7 Å². The molecular formula is C14H19NO4S. The first-order chi connectivity index (χ1) is 9.37. The second-order valence-electron chi connectivity index (χ2n) is 4.47. The van der Waals surface area contributed by atoms with E-state index in [1.165, 1.54) is 35.6 Å². The van der Waals surface area contributed by atoms with Gasteiger partial charge in [-0.3, -0.25) is 4.79 Å². The van der Waals surface area contributed by atoms with E-state index in [-0.39, 0.29) is 11.3 Å². The summed E-state index contributed by atoms with van der Waals surface area (Å²) in [4.78, 5) is 10.7. The Balaban J connectivity index is 2.81. The Labute approximate surface area is 119 Å². The van der Waals surface area contributed by atoms with Crippen LogP contribution in [0.15, 0.2) is 41.8 Å². The summed E-state index contributed by atoms with van der Waals surface area (Å²) in [5.41, 5.74) is 0.575. The summed E-state index contributed by atoms with van der Waals surface area (Å²) in [6.07, 6.45) is 3.12. The minimum absolute atomic E-state index is 0.116. The Bertz CT molecular complexity index is 563. The summed E-state index contributed by atoms with van der Waals surface area (Å²) in [7, 11) is -1.98. The molecule has 5 nitrogen and oxygen atoms in total. The summed E-state index contributed by atoms with van der Waals surface area (Å²) in [5.74, 6) is -0.942. The maximum atomic E-state index is 12.2. The van der Waals surface area contributed by atoms with Crippen LogP contribution in [0.2, 0.25) is 0 Å². The fourth-order valence-electron chi connectivity index (χ4n) is 1.71. The molecule has 0 aliphatic heterocycles. The quantitative estimate of drug-likeness (QED) is 0.587. The number of hydrogen-bond donors (Lipinski definition) is 1. The fraction of sp³-hybridized carbons (Fsp3) is 0.357. The average molecular weight is 297 g/mol. The average Bonchev–Trinajstić information content (AvgIpc) is 2.38. The van der Waals surface area contributed by atoms with Gasteiger partial charge in [0.15, 0.2) is 0 Å². The van der Waals surface area contributed by atoms with Gasteiger partial charge >= 0.3 is 5.97 Å². The number of unbranched alkanes of at least 4 members (excludes halogenated alkanes) is 1. The summed E-state index contributed by atoms with van der Waals surface area (Å²) in [6, 6.07) is 5.94. The first-order valence-electron chi connectivity index (χ1n) is 6.26. The van der Waals surface area contributed by atoms with E-state index in [9.17, 15) is 13.2 Å². The monoisotopic (exact) mass is 297 g/mol. The fourth-order valence-corrected chi connectivity index (χ4v) is 2.92. The Morgan fingerprint density at radius 1 is 1.35 bits per heavy atom. The third kappa shape index (κ3) is 4.47. The number of carboxylic acid groups (broad SMARTS) is 1. The van der Waals surface area contributed by atoms with E-state index in [0.717, 1.165) is 12.8 Å². The normalized spacial score (nSPS) is 11.5. The molecule has 1 aromatic rings. The first kappa shape index (κ1) is 16.4. The summed E-state index contributed by atoms with van der Waals surface area (Å²) in [6.45, 7) is 4.02. The van der Waals surface area contributed by atoms with Gasteiger partial charge in [0.25, 0.3) is 0 Å². The zero-order valence-electron chi connectivity index (χ0n) is 11.4. The predicted octanol–water partition coefficient (Wildman–Crippen LogP) is 1.90. The standard InChI is InChI=1S/C14H19NO4S/c1-3-4-5-10-15(2)20(18,19)13-8-6-12(7-9-13)11-14(16)17/h3,6-9H,1,4-5,10-11H2,2H3,(H,16,17). The molecule has 1 rings (SSSR count). The molecule has 0 radical (unpaired) electrons. The number of carboxylic acids is 1. The lowest BCUT2D eigenvalue weighted by atomic mass is 10.2. The van der Waals surface area contributed by atoms with E-state index in [1.807, 2.05) is 0 Å². The van der Waals surface area contributed by atoms with Crippen LogP contribution in [-0.2, 0) is 21.2 Å². The van der Waals surface area contributed by atoms with Crippen LogP contribution in [0.3, 0.4) is 0 Å². The number of rotatable bonds is 8. The molecule has 0 unspecified atom stereocenters. The van der Waals surface area contributed by atoms with E-state index in [2.05, 4.69) is 6.58 Å². The second kappa shape index (κ2) is 7.21.